The first-order valence-electron chi connectivity index (χ1n) is 7.04. The zero-order valence-corrected chi connectivity index (χ0v) is 13.0. The minimum atomic E-state index is -0.576. The molecule has 2 amide bonds. The van der Waals surface area contributed by atoms with Crippen LogP contribution in [0.4, 0.5) is 11.4 Å². The number of hydrogen-bond acceptors (Lipinski definition) is 4. The van der Waals surface area contributed by atoms with Crippen molar-refractivity contribution in [3.63, 3.8) is 0 Å². The Morgan fingerprint density at radius 3 is 2.67 bits per heavy atom. The number of aromatic nitrogens is 1. The fourth-order valence-corrected chi connectivity index (χ4v) is 2.11. The number of amides is 2. The van der Waals surface area contributed by atoms with Crippen molar-refractivity contribution >= 4 is 23.2 Å². The highest BCUT2D eigenvalue weighted by Crippen LogP contribution is 2.19. The van der Waals surface area contributed by atoms with E-state index in [2.05, 4.69) is 17.2 Å². The van der Waals surface area contributed by atoms with Gasteiger partial charge in [0, 0.05) is 19.7 Å². The van der Waals surface area contributed by atoms with E-state index < -0.39 is 10.8 Å². The number of benzene rings is 1. The van der Waals surface area contributed by atoms with Crippen LogP contribution in [0, 0.1) is 10.1 Å². The molecule has 1 heterocycles. The molecule has 0 saturated heterocycles. The Morgan fingerprint density at radius 2 is 2.04 bits per heavy atom. The molecule has 0 saturated carbocycles. The second-order valence-electron chi connectivity index (χ2n) is 4.95. The van der Waals surface area contributed by atoms with Crippen LogP contribution in [-0.2, 0) is 7.05 Å². The van der Waals surface area contributed by atoms with Gasteiger partial charge in [-0.25, -0.2) is 0 Å². The van der Waals surface area contributed by atoms with Gasteiger partial charge in [-0.2, -0.15) is 0 Å². The molecular formula is C16H16N4O4. The maximum absolute atomic E-state index is 12.4. The van der Waals surface area contributed by atoms with Gasteiger partial charge in [-0.1, -0.05) is 18.2 Å². The maximum Gasteiger partial charge on any atom is 0.287 e. The van der Waals surface area contributed by atoms with Gasteiger partial charge in [0.25, 0.3) is 17.5 Å². The molecule has 8 heteroatoms. The van der Waals surface area contributed by atoms with Gasteiger partial charge in [0.15, 0.2) is 0 Å². The zero-order valence-electron chi connectivity index (χ0n) is 13.0. The van der Waals surface area contributed by atoms with Crippen LogP contribution in [0.3, 0.4) is 0 Å². The number of rotatable bonds is 6. The van der Waals surface area contributed by atoms with Crippen LogP contribution in [0.1, 0.15) is 20.8 Å². The second-order valence-corrected chi connectivity index (χ2v) is 4.95. The molecule has 0 aliphatic rings. The lowest BCUT2D eigenvalue weighted by Crippen LogP contribution is -2.25. The molecule has 1 aromatic heterocycles. The molecule has 0 radical (unpaired) electrons. The molecule has 0 aliphatic carbocycles. The molecule has 2 aromatic rings. The minimum absolute atomic E-state index is 0.114. The Kier molecular flexibility index (Phi) is 5.10. The summed E-state index contributed by atoms with van der Waals surface area (Å²) in [7, 11) is 1.53. The zero-order chi connectivity index (χ0) is 17.7. The summed E-state index contributed by atoms with van der Waals surface area (Å²) < 4.78 is 1.36. The summed E-state index contributed by atoms with van der Waals surface area (Å²) >= 11 is 0. The summed E-state index contributed by atoms with van der Waals surface area (Å²) in [6.07, 6.45) is 2.79. The van der Waals surface area contributed by atoms with Gasteiger partial charge < -0.3 is 15.2 Å². The standard InChI is InChI=1S/C16H16N4O4/c1-3-8-17-15(21)12-6-4-5-7-13(12)18-16(22)14-9-11(20(23)24)10-19(14)2/h3-7,9-10H,1,8H2,2H3,(H,17,21)(H,18,22). The first-order chi connectivity index (χ1) is 11.4. The van der Waals surface area contributed by atoms with Crippen molar-refractivity contribution in [2.75, 3.05) is 11.9 Å². The molecular weight excluding hydrogens is 312 g/mol. The molecule has 0 unspecified atom stereocenters. The molecule has 0 atom stereocenters. The Morgan fingerprint density at radius 1 is 1.33 bits per heavy atom. The number of nitrogens with one attached hydrogen (secondary N) is 2. The minimum Gasteiger partial charge on any atom is -0.349 e. The molecule has 0 fully saturated rings. The third kappa shape index (κ3) is 3.67. The van der Waals surface area contributed by atoms with Crippen molar-refractivity contribution in [2.24, 2.45) is 7.05 Å². The summed E-state index contributed by atoms with van der Waals surface area (Å²) in [5.74, 6) is -0.904. The lowest BCUT2D eigenvalue weighted by molar-refractivity contribution is -0.384. The van der Waals surface area contributed by atoms with Crippen LogP contribution in [0.25, 0.3) is 0 Å². The molecule has 24 heavy (non-hydrogen) atoms. The SMILES string of the molecule is C=CCNC(=O)c1ccccc1NC(=O)c1cc([N+](=O)[O-])cn1C. The quantitative estimate of drug-likeness (QED) is 0.481. The summed E-state index contributed by atoms with van der Waals surface area (Å²) in [6, 6.07) is 7.68. The number of nitrogens with zero attached hydrogens (tertiary/aromatic N) is 2. The van der Waals surface area contributed by atoms with Crippen LogP contribution in [0.15, 0.2) is 49.2 Å². The number of carbonyl (C=O) groups is 2. The number of nitro groups is 1. The van der Waals surface area contributed by atoms with E-state index >= 15 is 0 Å². The number of aryl methyl sites for hydroxylation is 1. The third-order valence-electron chi connectivity index (χ3n) is 3.26. The van der Waals surface area contributed by atoms with Crippen molar-refractivity contribution in [2.45, 2.75) is 0 Å². The number of hydrogen-bond donors (Lipinski definition) is 2. The van der Waals surface area contributed by atoms with Gasteiger partial charge in [0.1, 0.15) is 5.69 Å². The molecule has 0 aliphatic heterocycles. The van der Waals surface area contributed by atoms with Crippen LogP contribution in [-0.4, -0.2) is 27.8 Å². The van der Waals surface area contributed by atoms with Crippen molar-refractivity contribution in [1.29, 1.82) is 0 Å². The topological polar surface area (TPSA) is 106 Å². The smallest absolute Gasteiger partial charge is 0.287 e. The molecule has 8 nitrogen and oxygen atoms in total. The predicted octanol–water partition coefficient (Wildman–Crippen LogP) is 2.10. The van der Waals surface area contributed by atoms with Crippen LogP contribution >= 0.6 is 0 Å². The van der Waals surface area contributed by atoms with Crippen molar-refractivity contribution in [3.8, 4) is 0 Å². The lowest BCUT2D eigenvalue weighted by Gasteiger charge is -2.11. The third-order valence-corrected chi connectivity index (χ3v) is 3.26. The summed E-state index contributed by atoms with van der Waals surface area (Å²) in [5, 5.41) is 16.0. The van der Waals surface area contributed by atoms with E-state index in [1.807, 2.05) is 0 Å². The van der Waals surface area contributed by atoms with Crippen LogP contribution in [0.2, 0.25) is 0 Å². The molecule has 1 aromatic carbocycles. The Bertz CT molecular complexity index is 810. The summed E-state index contributed by atoms with van der Waals surface area (Å²) in [4.78, 5) is 34.7. The highest BCUT2D eigenvalue weighted by molar-refractivity contribution is 6.08. The molecule has 0 spiro atoms. The fraction of sp³-hybridized carbons (Fsp3) is 0.125. The van der Waals surface area contributed by atoms with Crippen molar-refractivity contribution in [1.82, 2.24) is 9.88 Å². The van der Waals surface area contributed by atoms with Crippen LogP contribution < -0.4 is 10.6 Å². The monoisotopic (exact) mass is 328 g/mol. The number of para-hydroxylation sites is 1. The normalized spacial score (nSPS) is 10.0. The van der Waals surface area contributed by atoms with Gasteiger partial charge in [0.05, 0.1) is 22.4 Å². The fourth-order valence-electron chi connectivity index (χ4n) is 2.11. The van der Waals surface area contributed by atoms with Crippen molar-refractivity contribution in [3.05, 3.63) is 70.6 Å². The van der Waals surface area contributed by atoms with E-state index in [9.17, 15) is 19.7 Å². The van der Waals surface area contributed by atoms with Crippen LogP contribution in [0.5, 0.6) is 0 Å². The second kappa shape index (κ2) is 7.23. The Hall–Kier alpha value is -3.42. The molecule has 0 bridgehead atoms. The summed E-state index contributed by atoms with van der Waals surface area (Å²) in [5.41, 5.74) is 0.534. The Labute approximate surface area is 137 Å². The number of anilines is 1. The van der Waals surface area contributed by atoms with E-state index in [-0.39, 0.29) is 22.9 Å². The largest absolute Gasteiger partial charge is 0.349 e. The predicted molar refractivity (Wildman–Crippen MR) is 89.0 cm³/mol. The average Bonchev–Trinajstić information content (AvgIpc) is 2.95. The van der Waals surface area contributed by atoms with Gasteiger partial charge in [-0.05, 0) is 12.1 Å². The van der Waals surface area contributed by atoms with Gasteiger partial charge in [-0.15, -0.1) is 6.58 Å². The van der Waals surface area contributed by atoms with Gasteiger partial charge >= 0.3 is 0 Å². The molecule has 124 valence electrons. The summed E-state index contributed by atoms with van der Waals surface area (Å²) in [6.45, 7) is 3.82. The molecule has 2 N–H and O–H groups in total. The first kappa shape index (κ1) is 16.9. The van der Waals surface area contributed by atoms with E-state index in [0.29, 0.717) is 12.2 Å². The van der Waals surface area contributed by atoms with E-state index in [0.717, 1.165) is 0 Å². The highest BCUT2D eigenvalue weighted by atomic mass is 16.6. The maximum atomic E-state index is 12.4. The van der Waals surface area contributed by atoms with Gasteiger partial charge in [0.2, 0.25) is 0 Å². The lowest BCUT2D eigenvalue weighted by atomic mass is 10.1. The number of carbonyl (C=O) groups excluding carboxylic acids is 2. The van der Waals surface area contributed by atoms with E-state index in [4.69, 9.17) is 0 Å². The van der Waals surface area contributed by atoms with Crippen molar-refractivity contribution < 1.29 is 14.5 Å². The van der Waals surface area contributed by atoms with E-state index in [1.54, 1.807) is 30.3 Å². The average molecular weight is 328 g/mol. The van der Waals surface area contributed by atoms with E-state index in [1.165, 1.54) is 23.9 Å². The molecule has 2 rings (SSSR count). The Balaban J connectivity index is 2.25. The highest BCUT2D eigenvalue weighted by Gasteiger charge is 2.19. The van der Waals surface area contributed by atoms with Gasteiger partial charge in [-0.3, -0.25) is 19.7 Å². The first-order valence-corrected chi connectivity index (χ1v) is 7.04.